The van der Waals surface area contributed by atoms with Crippen molar-refractivity contribution < 1.29 is 27.6 Å². The first kappa shape index (κ1) is 31.4. The average molecular weight is 654 g/mol. The number of allylic oxidation sites excluding steroid dienone is 2. The van der Waals surface area contributed by atoms with Gasteiger partial charge in [0.1, 0.15) is 5.82 Å². The number of nitrogens with one attached hydrogen (secondary N) is 3. The molecule has 2 unspecified atom stereocenters. The number of halogens is 5. The summed E-state index contributed by atoms with van der Waals surface area (Å²) in [5, 5.41) is 9.77. The highest BCUT2D eigenvalue weighted by Gasteiger charge is 2.80. The van der Waals surface area contributed by atoms with Gasteiger partial charge in [-0.1, -0.05) is 41.4 Å². The Morgan fingerprint density at radius 2 is 1.77 bits per heavy atom. The third-order valence-electron chi connectivity index (χ3n) is 10.8. The van der Waals surface area contributed by atoms with E-state index in [4.69, 9.17) is 23.2 Å². The predicted octanol–water partition coefficient (Wildman–Crippen LogP) is 4.55. The number of carbonyl (C=O) groups excluding carboxylic acids is 3. The van der Waals surface area contributed by atoms with Gasteiger partial charge in [-0.15, -0.1) is 0 Å². The van der Waals surface area contributed by atoms with Crippen LogP contribution in [0.25, 0.3) is 0 Å². The molecule has 0 aromatic heterocycles. The fourth-order valence-corrected chi connectivity index (χ4v) is 9.36. The second kappa shape index (κ2) is 11.4. The minimum absolute atomic E-state index is 0.0465. The lowest BCUT2D eigenvalue weighted by atomic mass is 9.44. The van der Waals surface area contributed by atoms with Crippen LogP contribution in [-0.4, -0.2) is 73.7 Å². The quantitative estimate of drug-likeness (QED) is 0.421. The molecule has 12 heteroatoms. The predicted molar refractivity (Wildman–Crippen MR) is 161 cm³/mol. The smallest absolute Gasteiger partial charge is 0.238 e. The van der Waals surface area contributed by atoms with E-state index in [1.165, 1.54) is 12.1 Å². The number of carbonyl (C=O) groups is 3. The molecule has 238 valence electrons. The van der Waals surface area contributed by atoms with Crippen LogP contribution in [0.3, 0.4) is 0 Å². The van der Waals surface area contributed by atoms with Gasteiger partial charge in [0.15, 0.2) is 0 Å². The molecule has 2 saturated carbocycles. The van der Waals surface area contributed by atoms with Crippen molar-refractivity contribution in [3.8, 4) is 0 Å². The van der Waals surface area contributed by atoms with E-state index in [0.29, 0.717) is 30.7 Å². The SMILES string of the molecule is CN(C)C(=O)C1CCC(NC(=O)[C@@H]2NC3(CC(CF)(CF)C3)[C@@]3(C(=O)NC4C=C(Cl)C=CC43)[C@H]2c2cccc(Cl)c2F)CC1. The van der Waals surface area contributed by atoms with Crippen LogP contribution in [0.15, 0.2) is 41.5 Å². The molecule has 0 bridgehead atoms. The standard InChI is InChI=1S/C32H37Cl2F3N4O3/c1-41(2)28(43)17-6-9-19(10-7-17)38-27(42)26-24(20-4-3-5-22(34)25(20)37)32(31(40-26)13-30(14-31,15-35)16-36)21-11-8-18(33)12-23(21)39-29(32)44/h3-5,8,11-12,17,19,21,23-24,26,40H,6-7,9-10,13-16H2,1-2H3,(H,38,42)(H,39,44)/t17?,19?,21?,23?,24-,26+,32+/m0/s1. The molecule has 1 aromatic carbocycles. The molecule has 3 amide bonds. The number of alkyl halides is 2. The normalized spacial score (nSPS) is 34.7. The summed E-state index contributed by atoms with van der Waals surface area (Å²) in [6.07, 6.45) is 7.45. The van der Waals surface area contributed by atoms with E-state index in [9.17, 15) is 23.2 Å². The Bertz CT molecular complexity index is 1420. The van der Waals surface area contributed by atoms with Crippen molar-refractivity contribution in [2.24, 2.45) is 22.7 Å². The zero-order chi connectivity index (χ0) is 31.6. The van der Waals surface area contributed by atoms with Gasteiger partial charge in [-0.05, 0) is 62.3 Å². The van der Waals surface area contributed by atoms with E-state index in [1.54, 1.807) is 43.3 Å². The largest absolute Gasteiger partial charge is 0.352 e. The molecule has 2 heterocycles. The molecule has 3 N–H and O–H groups in total. The monoisotopic (exact) mass is 652 g/mol. The van der Waals surface area contributed by atoms with Crippen molar-refractivity contribution in [1.82, 2.24) is 20.9 Å². The maximum atomic E-state index is 16.0. The zero-order valence-corrected chi connectivity index (χ0v) is 26.2. The number of amides is 3. The molecule has 3 aliphatic carbocycles. The van der Waals surface area contributed by atoms with Gasteiger partial charge in [-0.2, -0.15) is 0 Å². The summed E-state index contributed by atoms with van der Waals surface area (Å²) >= 11 is 12.6. The highest BCUT2D eigenvalue weighted by Crippen LogP contribution is 2.70. The second-order valence-electron chi connectivity index (χ2n) is 13.5. The van der Waals surface area contributed by atoms with Gasteiger partial charge in [0.05, 0.1) is 35.9 Å². The molecule has 0 radical (unpaired) electrons. The maximum Gasteiger partial charge on any atom is 0.238 e. The third kappa shape index (κ3) is 4.61. The summed E-state index contributed by atoms with van der Waals surface area (Å²) in [7, 11) is 3.44. The van der Waals surface area contributed by atoms with Crippen molar-refractivity contribution in [2.75, 3.05) is 27.4 Å². The van der Waals surface area contributed by atoms with Crippen LogP contribution in [0.2, 0.25) is 5.02 Å². The number of fused-ring (bicyclic) bond motifs is 3. The molecular weight excluding hydrogens is 616 g/mol. The minimum atomic E-state index is -1.49. The lowest BCUT2D eigenvalue weighted by Gasteiger charge is -2.60. The molecule has 4 fully saturated rings. The van der Waals surface area contributed by atoms with Gasteiger partial charge >= 0.3 is 0 Å². The molecule has 1 aromatic rings. The summed E-state index contributed by atoms with van der Waals surface area (Å²) < 4.78 is 44.7. The lowest BCUT2D eigenvalue weighted by molar-refractivity contribution is -0.146. The van der Waals surface area contributed by atoms with Gasteiger partial charge in [-0.3, -0.25) is 28.5 Å². The van der Waals surface area contributed by atoms with Gasteiger partial charge < -0.3 is 15.5 Å². The van der Waals surface area contributed by atoms with E-state index in [-0.39, 0.29) is 41.3 Å². The Morgan fingerprint density at radius 3 is 2.41 bits per heavy atom. The molecule has 5 atom stereocenters. The third-order valence-corrected chi connectivity index (χ3v) is 11.4. The Hall–Kier alpha value is -2.56. The van der Waals surface area contributed by atoms with Gasteiger partial charge in [0, 0.05) is 53.9 Å². The second-order valence-corrected chi connectivity index (χ2v) is 14.4. The Balaban J connectivity index is 1.41. The first-order chi connectivity index (χ1) is 20.9. The average Bonchev–Trinajstić information content (AvgIpc) is 3.45. The first-order valence-corrected chi connectivity index (χ1v) is 15.9. The van der Waals surface area contributed by atoms with E-state index in [2.05, 4.69) is 16.0 Å². The molecule has 2 aliphatic heterocycles. The Kier molecular flexibility index (Phi) is 8.11. The molecule has 5 aliphatic rings. The van der Waals surface area contributed by atoms with Crippen molar-refractivity contribution >= 4 is 40.9 Å². The van der Waals surface area contributed by atoms with Crippen molar-refractivity contribution in [2.45, 2.75) is 68.1 Å². The van der Waals surface area contributed by atoms with E-state index >= 15 is 4.39 Å². The highest BCUT2D eigenvalue weighted by atomic mass is 35.5. The lowest BCUT2D eigenvalue weighted by Crippen LogP contribution is -2.70. The summed E-state index contributed by atoms with van der Waals surface area (Å²) in [6, 6.07) is 2.60. The summed E-state index contributed by atoms with van der Waals surface area (Å²) in [4.78, 5) is 42.7. The van der Waals surface area contributed by atoms with Crippen LogP contribution in [-0.2, 0) is 14.4 Å². The molecule has 44 heavy (non-hydrogen) atoms. The molecule has 7 nitrogen and oxygen atoms in total. The van der Waals surface area contributed by atoms with Gasteiger partial charge in [-0.25, -0.2) is 4.39 Å². The summed E-state index contributed by atoms with van der Waals surface area (Å²) in [6.45, 7) is -1.86. The fourth-order valence-electron chi connectivity index (χ4n) is 8.97. The minimum Gasteiger partial charge on any atom is -0.352 e. The van der Waals surface area contributed by atoms with E-state index < -0.39 is 71.3 Å². The van der Waals surface area contributed by atoms with E-state index in [1.807, 2.05) is 0 Å². The van der Waals surface area contributed by atoms with Crippen LogP contribution in [0, 0.1) is 28.5 Å². The van der Waals surface area contributed by atoms with Crippen LogP contribution in [0.5, 0.6) is 0 Å². The van der Waals surface area contributed by atoms with Crippen molar-refractivity contribution in [3.63, 3.8) is 0 Å². The van der Waals surface area contributed by atoms with Gasteiger partial charge in [0.25, 0.3) is 0 Å². The maximum absolute atomic E-state index is 16.0. The summed E-state index contributed by atoms with van der Waals surface area (Å²) in [5.41, 5.74) is -3.93. The van der Waals surface area contributed by atoms with Crippen LogP contribution < -0.4 is 16.0 Å². The molecular formula is C32H37Cl2F3N4O3. The fraction of sp³-hybridized carbons (Fsp3) is 0.594. The number of rotatable bonds is 6. The Morgan fingerprint density at radius 1 is 1.09 bits per heavy atom. The first-order valence-electron chi connectivity index (χ1n) is 15.1. The zero-order valence-electron chi connectivity index (χ0n) is 24.6. The number of hydrogen-bond acceptors (Lipinski definition) is 4. The van der Waals surface area contributed by atoms with Crippen LogP contribution in [0.1, 0.15) is 50.0 Å². The Labute approximate surface area is 265 Å². The molecule has 2 saturated heterocycles. The van der Waals surface area contributed by atoms with Crippen LogP contribution in [0.4, 0.5) is 13.2 Å². The van der Waals surface area contributed by atoms with E-state index in [0.717, 1.165) is 0 Å². The highest BCUT2D eigenvalue weighted by molar-refractivity contribution is 6.31. The van der Waals surface area contributed by atoms with Gasteiger partial charge in [0.2, 0.25) is 17.7 Å². The van der Waals surface area contributed by atoms with Crippen molar-refractivity contribution in [1.29, 1.82) is 0 Å². The van der Waals surface area contributed by atoms with Crippen LogP contribution >= 0.6 is 23.2 Å². The number of benzene rings is 1. The molecule has 6 rings (SSSR count). The van der Waals surface area contributed by atoms with Crippen molar-refractivity contribution in [3.05, 3.63) is 57.9 Å². The topological polar surface area (TPSA) is 90.5 Å². The number of nitrogens with zero attached hydrogens (tertiary/aromatic N) is 1. The molecule has 2 spiro atoms. The summed E-state index contributed by atoms with van der Waals surface area (Å²) in [5.74, 6) is -3.32. The number of hydrogen-bond donors (Lipinski definition) is 3.